The summed E-state index contributed by atoms with van der Waals surface area (Å²) in [7, 11) is 58.0. The monoisotopic (exact) mass is 2560 g/mol. The van der Waals surface area contributed by atoms with Gasteiger partial charge in [-0.1, -0.05) is 394 Å². The Hall–Kier alpha value is -0.994. The Morgan fingerprint density at radius 2 is 0.542 bits per heavy atom. The van der Waals surface area contributed by atoms with Gasteiger partial charge in [-0.05, 0) is 200 Å². The molecule has 0 saturated heterocycles. The number of benzene rings is 7. The van der Waals surface area contributed by atoms with Crippen LogP contribution in [0, 0.1) is 6.92 Å². The zero-order chi connectivity index (χ0) is 105. The number of aryl methyl sites for hydroxylation is 1. The van der Waals surface area contributed by atoms with E-state index in [0.29, 0.717) is 64.4 Å². The predicted molar refractivity (Wildman–Crippen MR) is 615 cm³/mol. The molecule has 26 heteroatoms. The molecule has 7 aromatic rings. The van der Waals surface area contributed by atoms with E-state index in [1.807, 2.05) is 42.6 Å². The number of phenols is 5. The summed E-state index contributed by atoms with van der Waals surface area (Å²) in [5.41, 5.74) is 15.6. The van der Waals surface area contributed by atoms with Crippen LogP contribution in [0.25, 0.3) is 22.3 Å². The van der Waals surface area contributed by atoms with Crippen molar-refractivity contribution in [3.05, 3.63) is 189 Å². The van der Waals surface area contributed by atoms with Crippen molar-refractivity contribution in [1.82, 2.24) is 0 Å². The van der Waals surface area contributed by atoms with Gasteiger partial charge in [0.25, 0.3) is 0 Å². The number of ether oxygens (including phenoxy) is 1. The second kappa shape index (κ2) is 93.3. The van der Waals surface area contributed by atoms with Crippen molar-refractivity contribution in [2.45, 2.75) is 422 Å². The normalized spacial score (nSPS) is 17.1. The van der Waals surface area contributed by atoms with E-state index in [2.05, 4.69) is 132 Å². The van der Waals surface area contributed by atoms with Gasteiger partial charge in [-0.25, -0.2) is 0 Å². The number of rotatable bonds is 16. The van der Waals surface area contributed by atoms with E-state index < -0.39 is 104 Å². The summed E-state index contributed by atoms with van der Waals surface area (Å²) < 4.78 is 5.45. The molecule has 0 aromatic heterocycles. The second-order valence-electron chi connectivity index (χ2n) is 38.9. The van der Waals surface area contributed by atoms with Gasteiger partial charge in [0.15, 0.2) is 0 Å². The zero-order valence-corrected chi connectivity index (χ0v) is 108. The number of para-hydroxylation sites is 1. The fourth-order valence-electron chi connectivity index (χ4n) is 20.9. The van der Waals surface area contributed by atoms with Gasteiger partial charge >= 0.3 is 189 Å². The summed E-state index contributed by atoms with van der Waals surface area (Å²) in [6, 6.07) is 44.1. The number of hydrogen-bond donors (Lipinski definition) is 5. The first-order valence-corrected chi connectivity index (χ1v) is 86.0. The maximum atomic E-state index is 11.5. The van der Waals surface area contributed by atoms with Crippen LogP contribution in [-0.2, 0) is 104 Å². The van der Waals surface area contributed by atoms with E-state index in [9.17, 15) is 25.5 Å². The molecule has 0 atom stereocenters. The van der Waals surface area contributed by atoms with Crippen molar-refractivity contribution in [2.75, 3.05) is 35.3 Å². The standard InChI is InChI=1S/C30H43NO.C26H35NO.C21H33NO2.C21H33NO.C20H31NO.10ClH.5Zr/c1-3-26(4-2)31-23-29-27(24-17-15-12-16-18-24)21-22-28(30(29)32)25-19-13-10-8-6-5-7-9-11-14-20-25;1-27-20-24-18-23(21-14-12-9-13-15-21)19-25(26(24)28)22-16-10-7-5-3-2-4-6-8-11-17-22;1-22-16-18-14-19(24-2)15-20(21(18)23)17-12-10-8-6-4-3-5-7-9-11-13-17;1-17-14-19(16-22-2)21(23)20(15-17)18-12-10-8-6-4-3-5-7-9-11-13-18;1-21-16-18-14-11-15-19(20(18)22)17-12-9-7-5-3-2-4-6-8-10-13-17;;;;;;;;;;;;;;;/h12,15-18,21-23,25-26,32H,3-11,13-14,19-20H2,1-2H3;9,12-15,18-20,22,28H,2-8,10-11,16-17H2,1H3;14-17,23H,3-13H2,1-2H3;14-16,18,23H,3-13H2,1-2H3;11,14-17,22H,2-10,12-13H2,1H3;10*1H;;;;;/q;;;;;;;;;;;;;;;5*+2/p-10. The molecule has 5 aliphatic rings. The Morgan fingerprint density at radius 3 is 0.854 bits per heavy atom. The third-order valence-corrected chi connectivity index (χ3v) is 28.6. The maximum absolute atomic E-state index is 11.5. The first kappa shape index (κ1) is 137. The molecule has 11 nitrogen and oxygen atoms in total. The van der Waals surface area contributed by atoms with E-state index >= 15 is 0 Å². The Balaban J connectivity index is 0.000000448. The van der Waals surface area contributed by atoms with Crippen LogP contribution in [0.4, 0.5) is 0 Å². The predicted octanol–water partition coefficient (Wildman–Crippen LogP) is 41.2. The average Bonchev–Trinajstić information content (AvgIpc) is 0.931. The van der Waals surface area contributed by atoms with Crippen LogP contribution in [0.1, 0.15) is 471 Å². The molecule has 0 aliphatic heterocycles. The van der Waals surface area contributed by atoms with Crippen LogP contribution < -0.4 is 4.74 Å². The minimum absolute atomic E-state index is 0.308. The van der Waals surface area contributed by atoms with E-state index in [4.69, 9.17) is 94.9 Å². The first-order chi connectivity index (χ1) is 70.4. The Morgan fingerprint density at radius 1 is 0.278 bits per heavy atom. The Kier molecular flexibility index (Phi) is 88.8. The second-order valence-corrected chi connectivity index (χ2v) is 57.5. The van der Waals surface area contributed by atoms with Gasteiger partial charge < -0.3 is 30.3 Å². The van der Waals surface area contributed by atoms with Crippen LogP contribution in [0.15, 0.2) is 152 Å². The molecular formula is C118H175Cl10N5O6Zr5. The molecule has 5 aliphatic carbocycles. The molecule has 144 heavy (non-hydrogen) atoms. The first-order valence-electron chi connectivity index (χ1n) is 54.3. The van der Waals surface area contributed by atoms with Gasteiger partial charge in [0.2, 0.25) is 0 Å². The van der Waals surface area contributed by atoms with Gasteiger partial charge in [-0.2, -0.15) is 0 Å². The average molecular weight is 2570 g/mol. The van der Waals surface area contributed by atoms with Gasteiger partial charge in [0, 0.05) is 98.7 Å². The van der Waals surface area contributed by atoms with Crippen LogP contribution >= 0.6 is 85.1 Å². The van der Waals surface area contributed by atoms with Crippen molar-refractivity contribution in [2.24, 2.45) is 25.0 Å². The van der Waals surface area contributed by atoms with Crippen molar-refractivity contribution >= 4 is 116 Å². The molecule has 0 amide bonds. The number of nitrogens with zero attached hydrogens (tertiary/aromatic N) is 5. The number of aliphatic imine (C=N–C) groups is 5. The number of halogens is 10. The van der Waals surface area contributed by atoms with Crippen LogP contribution in [0.5, 0.6) is 34.5 Å². The third-order valence-electron chi connectivity index (χ3n) is 28.6. The molecule has 5 N–H and O–H groups in total. The topological polar surface area (TPSA) is 172 Å². The van der Waals surface area contributed by atoms with Gasteiger partial charge in [0.05, 0.1) is 7.11 Å². The van der Waals surface area contributed by atoms with Crippen molar-refractivity contribution in [3.8, 4) is 56.8 Å². The molecule has 0 unspecified atom stereocenters. The third kappa shape index (κ3) is 59.8. The molecule has 0 radical (unpaired) electrons. The zero-order valence-electron chi connectivity index (χ0n) is 88.4. The van der Waals surface area contributed by atoms with Gasteiger partial charge in [-0.3, -0.25) is 25.0 Å². The summed E-state index contributed by atoms with van der Waals surface area (Å²) in [4.78, 5) is 21.3. The number of aromatic hydroxyl groups is 5. The van der Waals surface area contributed by atoms with Gasteiger partial charge in [-0.15, -0.1) is 0 Å². The fourth-order valence-corrected chi connectivity index (χ4v) is 20.9. The van der Waals surface area contributed by atoms with Crippen LogP contribution in [0.2, 0.25) is 0 Å². The molecule has 12 rings (SSSR count). The molecule has 0 heterocycles. The summed E-state index contributed by atoms with van der Waals surface area (Å²) >= 11 is -4.13. The van der Waals surface area contributed by atoms with E-state index in [1.54, 1.807) is 60.2 Å². The minimum atomic E-state index is -0.826. The van der Waals surface area contributed by atoms with Gasteiger partial charge in [0.1, 0.15) is 34.5 Å². The summed E-state index contributed by atoms with van der Waals surface area (Å²) in [5, 5.41) is 54.6. The van der Waals surface area contributed by atoms with Crippen LogP contribution in [-0.4, -0.2) is 97.9 Å². The number of phenolic OH excluding ortho intramolecular Hbond substituents is 5. The SMILES string of the molecule is CCC(CC)N=Cc1c(-c2ccccc2)ccc(C2CCCCCCCCCCC2)c1O.CN=Cc1cc(-c2ccccc2)cc(C2CCCCCCCCCCC2)c1O.CN=Cc1cc(C)cc(C2CCCCCCCCCCC2)c1O.CN=Cc1cc(OC)cc(C2CCCCCCCCCCC2)c1O.CN=Cc1cccc(C2CCCCCCCCCCC2)c1O.[Cl][Zr][Cl].[Cl][Zr][Cl].[Cl][Zr][Cl].[Cl][Zr][Cl].[Cl][Zr][Cl]. The number of hydrogen-bond acceptors (Lipinski definition) is 11. The summed E-state index contributed by atoms with van der Waals surface area (Å²) in [6.45, 7) is 6.49. The number of methoxy groups -OCH3 is 1. The quantitative estimate of drug-likeness (QED) is 0.0603. The summed E-state index contributed by atoms with van der Waals surface area (Å²) in [5.74, 6) is 5.30. The van der Waals surface area contributed by atoms with E-state index in [0.717, 1.165) is 98.2 Å². The Labute approximate surface area is 966 Å². The van der Waals surface area contributed by atoms with Crippen molar-refractivity contribution < 1.29 is 135 Å². The van der Waals surface area contributed by atoms with Crippen LogP contribution in [0.3, 0.4) is 0 Å². The molecule has 0 bridgehead atoms. The van der Waals surface area contributed by atoms with E-state index in [1.165, 1.54) is 357 Å². The molecule has 7 aromatic carbocycles. The molecular weight excluding hydrogens is 2390 g/mol. The molecule has 5 fully saturated rings. The molecule has 5 saturated carbocycles. The Bertz CT molecular complexity index is 4440. The van der Waals surface area contributed by atoms with Crippen molar-refractivity contribution in [3.63, 3.8) is 0 Å². The molecule has 798 valence electrons. The fraction of sp³-hybridized carbons (Fsp3) is 0.602. The van der Waals surface area contributed by atoms with Crippen molar-refractivity contribution in [1.29, 1.82) is 0 Å². The molecule has 0 spiro atoms. The van der Waals surface area contributed by atoms with E-state index in [-0.39, 0.29) is 0 Å². The summed E-state index contributed by atoms with van der Waals surface area (Å²) in [6.07, 6.45) is 83.5.